The zero-order chi connectivity index (χ0) is 25.2. The number of hydrogen-bond donors (Lipinski definition) is 1. The molecule has 2 aromatic heterocycles. The van der Waals surface area contributed by atoms with E-state index in [4.69, 9.17) is 4.98 Å². The lowest BCUT2D eigenvalue weighted by Crippen LogP contribution is -2.38. The number of amides is 1. The molecule has 0 unspecified atom stereocenters. The van der Waals surface area contributed by atoms with Crippen LogP contribution in [0.25, 0.3) is 22.6 Å². The fourth-order valence-corrected chi connectivity index (χ4v) is 5.20. The van der Waals surface area contributed by atoms with E-state index >= 15 is 0 Å². The van der Waals surface area contributed by atoms with Crippen molar-refractivity contribution < 1.29 is 4.79 Å². The third-order valence-corrected chi connectivity index (χ3v) is 7.32. The van der Waals surface area contributed by atoms with Crippen molar-refractivity contribution in [2.75, 3.05) is 7.05 Å². The van der Waals surface area contributed by atoms with E-state index in [-0.39, 0.29) is 11.6 Å². The van der Waals surface area contributed by atoms with Crippen LogP contribution >= 0.6 is 0 Å². The molecule has 0 bridgehead atoms. The van der Waals surface area contributed by atoms with E-state index in [1.165, 1.54) is 24.8 Å². The highest BCUT2D eigenvalue weighted by molar-refractivity contribution is 5.94. The first-order chi connectivity index (χ1) is 17.4. The second-order valence-corrected chi connectivity index (χ2v) is 10.1. The van der Waals surface area contributed by atoms with E-state index < -0.39 is 0 Å². The Bertz CT molecular complexity index is 1430. The summed E-state index contributed by atoms with van der Waals surface area (Å²) in [6.07, 6.45) is 7.47. The SMILES string of the molecule is CC(C)c1ccccc1-c1ncc2[nH]c(=O)n(Cc3ccc(C(=O)N(C)C4CCCCC4)cc3)c2n1. The van der Waals surface area contributed by atoms with Crippen LogP contribution in [0.4, 0.5) is 0 Å². The van der Waals surface area contributed by atoms with Gasteiger partial charge in [0.05, 0.1) is 12.7 Å². The summed E-state index contributed by atoms with van der Waals surface area (Å²) in [4.78, 5) is 39.9. The van der Waals surface area contributed by atoms with Gasteiger partial charge in [-0.2, -0.15) is 0 Å². The van der Waals surface area contributed by atoms with Crippen LogP contribution in [0.3, 0.4) is 0 Å². The molecule has 7 heteroatoms. The number of carbonyl (C=O) groups excluding carboxylic acids is 1. The highest BCUT2D eigenvalue weighted by Gasteiger charge is 2.23. The van der Waals surface area contributed by atoms with E-state index in [1.54, 1.807) is 10.8 Å². The molecule has 1 aliphatic rings. The minimum Gasteiger partial charge on any atom is -0.339 e. The first kappa shape index (κ1) is 24.0. The van der Waals surface area contributed by atoms with E-state index in [0.717, 1.165) is 24.0 Å². The van der Waals surface area contributed by atoms with Gasteiger partial charge in [0, 0.05) is 24.2 Å². The van der Waals surface area contributed by atoms with Crippen molar-refractivity contribution in [2.45, 2.75) is 64.5 Å². The van der Waals surface area contributed by atoms with Gasteiger partial charge in [-0.1, -0.05) is 69.5 Å². The van der Waals surface area contributed by atoms with Crippen LogP contribution < -0.4 is 5.69 Å². The van der Waals surface area contributed by atoms with Crippen molar-refractivity contribution in [3.8, 4) is 11.4 Å². The molecule has 0 aliphatic heterocycles. The smallest absolute Gasteiger partial charge is 0.328 e. The molecule has 5 rings (SSSR count). The number of benzene rings is 2. The van der Waals surface area contributed by atoms with Gasteiger partial charge in [0.2, 0.25) is 0 Å². The fraction of sp³-hybridized carbons (Fsp3) is 0.379. The Morgan fingerprint density at radius 1 is 1.08 bits per heavy atom. The number of fused-ring (bicyclic) bond motifs is 1. The zero-order valence-electron chi connectivity index (χ0n) is 21.2. The summed E-state index contributed by atoms with van der Waals surface area (Å²) in [6.45, 7) is 4.64. The topological polar surface area (TPSA) is 83.9 Å². The van der Waals surface area contributed by atoms with Gasteiger partial charge >= 0.3 is 5.69 Å². The van der Waals surface area contributed by atoms with E-state index in [0.29, 0.717) is 41.1 Å². The highest BCUT2D eigenvalue weighted by atomic mass is 16.2. The maximum absolute atomic E-state index is 13.0. The van der Waals surface area contributed by atoms with Gasteiger partial charge < -0.3 is 9.88 Å². The lowest BCUT2D eigenvalue weighted by molar-refractivity contribution is 0.0696. The molecule has 36 heavy (non-hydrogen) atoms. The van der Waals surface area contributed by atoms with Crippen LogP contribution in [0, 0.1) is 0 Å². The Balaban J connectivity index is 1.40. The lowest BCUT2D eigenvalue weighted by Gasteiger charge is -2.31. The summed E-state index contributed by atoms with van der Waals surface area (Å²) in [5, 5.41) is 0. The molecular weight excluding hydrogens is 450 g/mol. The monoisotopic (exact) mass is 483 g/mol. The molecule has 1 saturated carbocycles. The third-order valence-electron chi connectivity index (χ3n) is 7.32. The molecule has 4 aromatic rings. The molecule has 2 aromatic carbocycles. The molecule has 7 nitrogen and oxygen atoms in total. The maximum atomic E-state index is 13.0. The Labute approximate surface area is 211 Å². The van der Waals surface area contributed by atoms with Gasteiger partial charge in [-0.25, -0.2) is 14.8 Å². The highest BCUT2D eigenvalue weighted by Crippen LogP contribution is 2.27. The average molecular weight is 484 g/mol. The average Bonchev–Trinajstić information content (AvgIpc) is 3.22. The van der Waals surface area contributed by atoms with Gasteiger partial charge in [-0.05, 0) is 42.0 Å². The molecule has 0 spiro atoms. The molecule has 2 heterocycles. The van der Waals surface area contributed by atoms with Crippen molar-refractivity contribution in [3.63, 3.8) is 0 Å². The van der Waals surface area contributed by atoms with Crippen LogP contribution in [0.1, 0.15) is 73.4 Å². The largest absolute Gasteiger partial charge is 0.339 e. The second-order valence-electron chi connectivity index (χ2n) is 10.1. The summed E-state index contributed by atoms with van der Waals surface area (Å²) in [5.41, 5.74) is 4.68. The summed E-state index contributed by atoms with van der Waals surface area (Å²) in [6, 6.07) is 16.0. The van der Waals surface area contributed by atoms with Crippen LogP contribution in [-0.2, 0) is 6.54 Å². The van der Waals surface area contributed by atoms with Crippen LogP contribution in [-0.4, -0.2) is 43.4 Å². The number of rotatable bonds is 6. The molecule has 1 fully saturated rings. The normalized spacial score (nSPS) is 14.4. The van der Waals surface area contributed by atoms with Gasteiger partial charge in [0.15, 0.2) is 11.5 Å². The van der Waals surface area contributed by atoms with Gasteiger partial charge in [0.25, 0.3) is 5.91 Å². The van der Waals surface area contributed by atoms with Gasteiger partial charge in [0.1, 0.15) is 5.52 Å². The molecule has 0 saturated heterocycles. The number of aromatic nitrogens is 4. The minimum absolute atomic E-state index is 0.0545. The number of imidazole rings is 1. The summed E-state index contributed by atoms with van der Waals surface area (Å²) in [5.74, 6) is 0.984. The quantitative estimate of drug-likeness (QED) is 0.400. The molecule has 1 N–H and O–H groups in total. The number of hydrogen-bond acceptors (Lipinski definition) is 4. The number of nitrogens with one attached hydrogen (secondary N) is 1. The second kappa shape index (κ2) is 10.1. The Kier molecular flexibility index (Phi) is 6.72. The Hall–Kier alpha value is -3.74. The predicted molar refractivity (Wildman–Crippen MR) is 142 cm³/mol. The number of carbonyl (C=O) groups is 1. The van der Waals surface area contributed by atoms with Crippen molar-refractivity contribution >= 4 is 17.1 Å². The molecule has 1 amide bonds. The van der Waals surface area contributed by atoms with E-state index in [9.17, 15) is 9.59 Å². The van der Waals surface area contributed by atoms with Gasteiger partial charge in [-0.3, -0.25) is 9.36 Å². The van der Waals surface area contributed by atoms with Crippen molar-refractivity contribution in [1.29, 1.82) is 0 Å². The van der Waals surface area contributed by atoms with Crippen LogP contribution in [0.2, 0.25) is 0 Å². The minimum atomic E-state index is -0.231. The number of aromatic amines is 1. The van der Waals surface area contributed by atoms with Crippen molar-refractivity contribution in [3.05, 3.63) is 81.9 Å². The maximum Gasteiger partial charge on any atom is 0.328 e. The summed E-state index contributed by atoms with van der Waals surface area (Å²) < 4.78 is 1.63. The lowest BCUT2D eigenvalue weighted by atomic mass is 9.94. The molecule has 0 radical (unpaired) electrons. The van der Waals surface area contributed by atoms with Crippen LogP contribution in [0.15, 0.2) is 59.5 Å². The predicted octanol–water partition coefficient (Wildman–Crippen LogP) is 5.36. The fourth-order valence-electron chi connectivity index (χ4n) is 5.20. The molecule has 186 valence electrons. The summed E-state index contributed by atoms with van der Waals surface area (Å²) >= 11 is 0. The Morgan fingerprint density at radius 2 is 1.81 bits per heavy atom. The first-order valence-corrected chi connectivity index (χ1v) is 12.8. The number of H-pyrrole nitrogens is 1. The third kappa shape index (κ3) is 4.70. The molecular formula is C29H33N5O2. The number of nitrogens with zero attached hydrogens (tertiary/aromatic N) is 4. The first-order valence-electron chi connectivity index (χ1n) is 12.8. The van der Waals surface area contributed by atoms with Crippen molar-refractivity contribution in [1.82, 2.24) is 24.4 Å². The standard InChI is InChI=1S/C29H33N5O2/c1-19(2)23-11-7-8-12-24(23)26-30-17-25-27(32-26)34(29(36)31-25)18-20-13-15-21(16-14-20)28(35)33(3)22-9-5-4-6-10-22/h7-8,11-17,19,22H,4-6,9-10,18H2,1-3H3,(H,31,36). The Morgan fingerprint density at radius 3 is 2.53 bits per heavy atom. The van der Waals surface area contributed by atoms with Crippen LogP contribution in [0.5, 0.6) is 0 Å². The van der Waals surface area contributed by atoms with E-state index in [2.05, 4.69) is 29.9 Å². The van der Waals surface area contributed by atoms with Crippen molar-refractivity contribution in [2.24, 2.45) is 0 Å². The summed E-state index contributed by atoms with van der Waals surface area (Å²) in [7, 11) is 1.91. The molecule has 0 atom stereocenters. The molecule has 1 aliphatic carbocycles. The van der Waals surface area contributed by atoms with Gasteiger partial charge in [-0.15, -0.1) is 0 Å². The van der Waals surface area contributed by atoms with E-state index in [1.807, 2.05) is 54.4 Å². The zero-order valence-corrected chi connectivity index (χ0v) is 21.2.